The van der Waals surface area contributed by atoms with Gasteiger partial charge in [-0.3, -0.25) is 0 Å². The van der Waals surface area contributed by atoms with Gasteiger partial charge in [-0.25, -0.2) is 0 Å². The van der Waals surface area contributed by atoms with Crippen molar-refractivity contribution in [2.75, 3.05) is 12.1 Å². The number of rotatable bonds is 4. The number of nitrogens with one attached hydrogen (secondary N) is 1. The Kier molecular flexibility index (Phi) is 3.74. The third-order valence-electron chi connectivity index (χ3n) is 5.36. The van der Waals surface area contributed by atoms with Gasteiger partial charge in [0.05, 0.1) is 11.2 Å². The minimum atomic E-state index is -0.305. The summed E-state index contributed by atoms with van der Waals surface area (Å²) in [5.74, 6) is 2.40. The van der Waals surface area contributed by atoms with Crippen molar-refractivity contribution in [2.24, 2.45) is 0 Å². The molecular weight excluding hydrogens is 342 g/mol. The average Bonchev–Trinajstić information content (AvgIpc) is 3.42. The number of tetrazole rings is 1. The highest BCUT2D eigenvalue weighted by molar-refractivity contribution is 5.57. The largest absolute Gasteiger partial charge is 0.454 e. The second kappa shape index (κ2) is 6.26. The molecule has 1 aromatic heterocycles. The van der Waals surface area contributed by atoms with Gasteiger partial charge in [-0.05, 0) is 60.0 Å². The third kappa shape index (κ3) is 2.79. The zero-order valence-electron chi connectivity index (χ0n) is 15.2. The fraction of sp³-hybridized carbons (Fsp3) is 0.350. The SMILES string of the molecule is Cc1cccc(-n2nnnc2C2(Nc3ccc4c(c3)OCO4)CCCC2)c1. The van der Waals surface area contributed by atoms with Gasteiger partial charge in [0.2, 0.25) is 6.79 Å². The lowest BCUT2D eigenvalue weighted by Gasteiger charge is -2.30. The van der Waals surface area contributed by atoms with E-state index in [2.05, 4.69) is 39.9 Å². The lowest BCUT2D eigenvalue weighted by atomic mass is 9.95. The van der Waals surface area contributed by atoms with E-state index in [1.807, 2.05) is 35.0 Å². The van der Waals surface area contributed by atoms with E-state index in [4.69, 9.17) is 9.47 Å². The molecular formula is C20H21N5O2. The molecule has 0 saturated heterocycles. The Hall–Kier alpha value is -3.09. The third-order valence-corrected chi connectivity index (χ3v) is 5.36. The van der Waals surface area contributed by atoms with E-state index in [1.165, 1.54) is 5.56 Å². The van der Waals surface area contributed by atoms with Crippen molar-refractivity contribution in [2.45, 2.75) is 38.1 Å². The van der Waals surface area contributed by atoms with E-state index in [9.17, 15) is 0 Å². The fourth-order valence-corrected chi connectivity index (χ4v) is 4.05. The number of aromatic nitrogens is 4. The molecule has 3 aromatic rings. The highest BCUT2D eigenvalue weighted by atomic mass is 16.7. The van der Waals surface area contributed by atoms with Gasteiger partial charge in [0.15, 0.2) is 17.3 Å². The number of hydrogen-bond donors (Lipinski definition) is 1. The molecule has 1 aliphatic heterocycles. The minimum absolute atomic E-state index is 0.273. The monoisotopic (exact) mass is 363 g/mol. The van der Waals surface area contributed by atoms with Gasteiger partial charge < -0.3 is 14.8 Å². The molecule has 1 saturated carbocycles. The van der Waals surface area contributed by atoms with E-state index >= 15 is 0 Å². The van der Waals surface area contributed by atoms with Gasteiger partial charge in [-0.15, -0.1) is 5.10 Å². The van der Waals surface area contributed by atoms with Crippen LogP contribution in [0.5, 0.6) is 11.5 Å². The smallest absolute Gasteiger partial charge is 0.231 e. The van der Waals surface area contributed by atoms with Crippen LogP contribution >= 0.6 is 0 Å². The molecule has 5 rings (SSSR count). The fourth-order valence-electron chi connectivity index (χ4n) is 4.05. The molecule has 0 bridgehead atoms. The molecule has 0 amide bonds. The average molecular weight is 363 g/mol. The van der Waals surface area contributed by atoms with Gasteiger partial charge in [-0.1, -0.05) is 25.0 Å². The van der Waals surface area contributed by atoms with Crippen LogP contribution in [-0.2, 0) is 5.54 Å². The molecule has 7 heteroatoms. The van der Waals surface area contributed by atoms with Crippen molar-refractivity contribution < 1.29 is 9.47 Å². The Morgan fingerprint density at radius 2 is 1.89 bits per heavy atom. The summed E-state index contributed by atoms with van der Waals surface area (Å²) < 4.78 is 12.8. The topological polar surface area (TPSA) is 74.1 Å². The zero-order valence-corrected chi connectivity index (χ0v) is 15.2. The number of aryl methyl sites for hydroxylation is 1. The van der Waals surface area contributed by atoms with Crippen molar-refractivity contribution in [1.29, 1.82) is 0 Å². The molecule has 27 heavy (non-hydrogen) atoms. The summed E-state index contributed by atoms with van der Waals surface area (Å²) in [6.07, 6.45) is 4.23. The van der Waals surface area contributed by atoms with E-state index < -0.39 is 0 Å². The highest BCUT2D eigenvalue weighted by Crippen LogP contribution is 2.43. The summed E-state index contributed by atoms with van der Waals surface area (Å²) in [4.78, 5) is 0. The minimum Gasteiger partial charge on any atom is -0.454 e. The summed E-state index contributed by atoms with van der Waals surface area (Å²) in [6.45, 7) is 2.35. The first kappa shape index (κ1) is 16.1. The number of hydrogen-bond acceptors (Lipinski definition) is 6. The van der Waals surface area contributed by atoms with Gasteiger partial charge in [0.1, 0.15) is 0 Å². The van der Waals surface area contributed by atoms with Crippen LogP contribution in [0.3, 0.4) is 0 Å². The Bertz CT molecular complexity index is 978. The number of nitrogens with zero attached hydrogens (tertiary/aromatic N) is 4. The Balaban J connectivity index is 1.54. The summed E-state index contributed by atoms with van der Waals surface area (Å²) in [5.41, 5.74) is 2.84. The molecule has 7 nitrogen and oxygen atoms in total. The zero-order chi connectivity index (χ0) is 18.3. The predicted octanol–water partition coefficient (Wildman–Crippen LogP) is 3.58. The summed E-state index contributed by atoms with van der Waals surface area (Å²) in [7, 11) is 0. The van der Waals surface area contributed by atoms with Crippen LogP contribution in [0.25, 0.3) is 5.69 Å². The molecule has 0 atom stereocenters. The van der Waals surface area contributed by atoms with E-state index in [-0.39, 0.29) is 12.3 Å². The van der Waals surface area contributed by atoms with Crippen molar-refractivity contribution in [3.63, 3.8) is 0 Å². The lowest BCUT2D eigenvalue weighted by Crippen LogP contribution is -2.35. The standard InChI is InChI=1S/C20H21N5O2/c1-14-5-4-6-16(11-14)25-19(22-23-24-25)20(9-2-3-10-20)21-15-7-8-17-18(12-15)27-13-26-17/h4-8,11-12,21H,2-3,9-10,13H2,1H3. The summed E-state index contributed by atoms with van der Waals surface area (Å²) in [6, 6.07) is 14.2. The second-order valence-electron chi connectivity index (χ2n) is 7.24. The Labute approximate surface area is 157 Å². The van der Waals surface area contributed by atoms with E-state index in [1.54, 1.807) is 0 Å². The van der Waals surface area contributed by atoms with Crippen LogP contribution in [0.1, 0.15) is 37.1 Å². The molecule has 0 spiro atoms. The van der Waals surface area contributed by atoms with Crippen molar-refractivity contribution in [1.82, 2.24) is 20.2 Å². The Morgan fingerprint density at radius 3 is 2.74 bits per heavy atom. The van der Waals surface area contributed by atoms with Gasteiger partial charge in [0.25, 0.3) is 0 Å². The lowest BCUT2D eigenvalue weighted by molar-refractivity contribution is 0.174. The molecule has 138 valence electrons. The molecule has 0 radical (unpaired) electrons. The van der Waals surface area contributed by atoms with Crippen LogP contribution in [0.2, 0.25) is 0 Å². The molecule has 1 aliphatic carbocycles. The second-order valence-corrected chi connectivity index (χ2v) is 7.24. The summed E-state index contributed by atoms with van der Waals surface area (Å²) >= 11 is 0. The molecule has 2 aromatic carbocycles. The van der Waals surface area contributed by atoms with E-state index in [0.717, 1.165) is 54.4 Å². The number of benzene rings is 2. The van der Waals surface area contributed by atoms with Crippen molar-refractivity contribution >= 4 is 5.69 Å². The van der Waals surface area contributed by atoms with Gasteiger partial charge >= 0.3 is 0 Å². The number of fused-ring (bicyclic) bond motifs is 1. The van der Waals surface area contributed by atoms with Crippen LogP contribution in [0.4, 0.5) is 5.69 Å². The first-order valence-electron chi connectivity index (χ1n) is 9.27. The maximum Gasteiger partial charge on any atom is 0.231 e. The van der Waals surface area contributed by atoms with E-state index in [0.29, 0.717) is 0 Å². The molecule has 0 unspecified atom stereocenters. The first-order chi connectivity index (χ1) is 13.2. The van der Waals surface area contributed by atoms with Crippen molar-refractivity contribution in [3.8, 4) is 17.2 Å². The van der Waals surface area contributed by atoms with Crippen LogP contribution in [-0.4, -0.2) is 27.0 Å². The highest BCUT2D eigenvalue weighted by Gasteiger charge is 2.41. The normalized spacial score (nSPS) is 17.2. The summed E-state index contributed by atoms with van der Waals surface area (Å²) in [5, 5.41) is 16.4. The molecule has 1 N–H and O–H groups in total. The maximum absolute atomic E-state index is 5.53. The van der Waals surface area contributed by atoms with Crippen molar-refractivity contribution in [3.05, 3.63) is 53.9 Å². The maximum atomic E-state index is 5.53. The Morgan fingerprint density at radius 1 is 1.04 bits per heavy atom. The van der Waals surface area contributed by atoms with Crippen LogP contribution in [0.15, 0.2) is 42.5 Å². The predicted molar refractivity (Wildman–Crippen MR) is 100 cm³/mol. The molecule has 2 heterocycles. The van der Waals surface area contributed by atoms with Gasteiger partial charge in [-0.2, -0.15) is 4.68 Å². The van der Waals surface area contributed by atoms with Crippen LogP contribution in [0, 0.1) is 6.92 Å². The van der Waals surface area contributed by atoms with Gasteiger partial charge in [0, 0.05) is 11.8 Å². The molecule has 1 fully saturated rings. The quantitative estimate of drug-likeness (QED) is 0.764. The molecule has 2 aliphatic rings. The number of ether oxygens (including phenoxy) is 2. The first-order valence-corrected chi connectivity index (χ1v) is 9.27. The van der Waals surface area contributed by atoms with Crippen LogP contribution < -0.4 is 14.8 Å². The number of anilines is 1.